The van der Waals surface area contributed by atoms with Gasteiger partial charge in [0.05, 0.1) is 0 Å². The number of H-pyrrole nitrogens is 1. The fraction of sp³-hybridized carbons (Fsp3) is 0.111. The summed E-state index contributed by atoms with van der Waals surface area (Å²) in [7, 11) is 0. The third-order valence-electron chi connectivity index (χ3n) is 5.32. The topological polar surface area (TPSA) is 15.8 Å². The number of nitrogens with one attached hydrogen (secondary N) is 1. The molecule has 4 rings (SSSR count). The first-order valence-corrected chi connectivity index (χ1v) is 10.4. The summed E-state index contributed by atoms with van der Waals surface area (Å²) >= 11 is 5.08. The summed E-state index contributed by atoms with van der Waals surface area (Å²) in [6.45, 7) is 8.41. The van der Waals surface area contributed by atoms with Crippen LogP contribution in [0.3, 0.4) is 0 Å². The van der Waals surface area contributed by atoms with Gasteiger partial charge in [-0.05, 0) is 45.4 Å². The molecule has 0 fully saturated rings. The minimum atomic E-state index is 0.345. The number of benzene rings is 2. The van der Waals surface area contributed by atoms with E-state index in [0.29, 0.717) is 5.92 Å². The summed E-state index contributed by atoms with van der Waals surface area (Å²) in [6, 6.07) is 12.8. The first kappa shape index (κ1) is 19.4. The molecule has 0 unspecified atom stereocenters. The molecule has 0 bridgehead atoms. The highest BCUT2D eigenvalue weighted by Gasteiger charge is 2.26. The van der Waals surface area contributed by atoms with Crippen LogP contribution in [-0.4, -0.2) is 4.98 Å². The van der Waals surface area contributed by atoms with Gasteiger partial charge in [-0.3, -0.25) is 0 Å². The predicted molar refractivity (Wildman–Crippen MR) is 129 cm³/mol. The van der Waals surface area contributed by atoms with E-state index in [1.54, 1.807) is 0 Å². The van der Waals surface area contributed by atoms with Crippen LogP contribution in [0.2, 0.25) is 0 Å². The van der Waals surface area contributed by atoms with Gasteiger partial charge in [-0.2, -0.15) is 0 Å². The van der Waals surface area contributed by atoms with E-state index in [9.17, 15) is 0 Å². The molecule has 144 valence electrons. The fourth-order valence-electron chi connectivity index (χ4n) is 4.02. The maximum atomic E-state index is 5.08. The predicted octanol–water partition coefficient (Wildman–Crippen LogP) is 7.91. The van der Waals surface area contributed by atoms with Gasteiger partial charge in [-0.15, -0.1) is 12.6 Å². The van der Waals surface area contributed by atoms with Crippen LogP contribution in [0.25, 0.3) is 33.9 Å². The highest BCUT2D eigenvalue weighted by molar-refractivity contribution is 7.80. The molecular formula is C27H25NS. The van der Waals surface area contributed by atoms with Crippen LogP contribution < -0.4 is 0 Å². The lowest BCUT2D eigenvalue weighted by Crippen LogP contribution is -2.07. The minimum absolute atomic E-state index is 0.345. The molecule has 0 saturated carbocycles. The molecule has 29 heavy (non-hydrogen) atoms. The summed E-state index contributed by atoms with van der Waals surface area (Å²) in [5.41, 5.74) is 9.81. The Kier molecular flexibility index (Phi) is 5.46. The number of hydrogen-bond donors (Lipinski definition) is 2. The van der Waals surface area contributed by atoms with Crippen LogP contribution in [0.5, 0.6) is 0 Å². The molecular weight excluding hydrogens is 370 g/mol. The van der Waals surface area contributed by atoms with E-state index in [4.69, 9.17) is 12.6 Å². The van der Waals surface area contributed by atoms with Crippen LogP contribution in [0.15, 0.2) is 90.6 Å². The largest absolute Gasteiger partial charge is 0.367 e. The van der Waals surface area contributed by atoms with Crippen LogP contribution in [0, 0.1) is 0 Å². The Labute approximate surface area is 178 Å². The lowest BCUT2D eigenvalue weighted by atomic mass is 9.78. The standard InChI is InChI=1S/C27H25NS/c1-4-5-14-22-24(19-12-9-13-19)23(18(2)3)25(20-10-7-6-8-11-20)26(27(22)29)21-15-16-28-17-21/h4-18,28-29H,1H2,2-3H3/b14-5-. The van der Waals surface area contributed by atoms with Gasteiger partial charge < -0.3 is 4.98 Å². The molecule has 1 N–H and O–H groups in total. The SMILES string of the molecule is C=C/C=C\c1c(S)c(-c2cc[nH]c2)c(-c2ccccc2)c(C(C)C)c1C1=CC=C1. The summed E-state index contributed by atoms with van der Waals surface area (Å²) in [6.07, 6.45) is 16.4. The van der Waals surface area contributed by atoms with Crippen LogP contribution in [-0.2, 0) is 0 Å². The van der Waals surface area contributed by atoms with Crippen molar-refractivity contribution in [3.63, 3.8) is 0 Å². The molecule has 0 radical (unpaired) electrons. The molecule has 0 aliphatic heterocycles. The third-order valence-corrected chi connectivity index (χ3v) is 5.78. The zero-order chi connectivity index (χ0) is 20.4. The molecule has 3 aromatic rings. The van der Waals surface area contributed by atoms with Crippen molar-refractivity contribution in [2.75, 3.05) is 0 Å². The lowest BCUT2D eigenvalue weighted by Gasteiger charge is -2.28. The Morgan fingerprint density at radius 1 is 1.00 bits per heavy atom. The Morgan fingerprint density at radius 3 is 2.31 bits per heavy atom. The van der Waals surface area contributed by atoms with Crippen LogP contribution >= 0.6 is 12.6 Å². The van der Waals surface area contributed by atoms with E-state index in [1.807, 2.05) is 18.3 Å². The molecule has 1 nitrogen and oxygen atoms in total. The second-order valence-electron chi connectivity index (χ2n) is 7.50. The molecule has 1 aromatic heterocycles. The second-order valence-corrected chi connectivity index (χ2v) is 7.94. The van der Waals surface area contributed by atoms with Crippen molar-refractivity contribution in [2.45, 2.75) is 24.7 Å². The Balaban J connectivity index is 2.20. The van der Waals surface area contributed by atoms with Gasteiger partial charge in [-0.1, -0.05) is 87.2 Å². The number of aromatic amines is 1. The lowest BCUT2D eigenvalue weighted by molar-refractivity contribution is 0.863. The minimum Gasteiger partial charge on any atom is -0.367 e. The summed E-state index contributed by atoms with van der Waals surface area (Å²) < 4.78 is 0. The molecule has 2 heteroatoms. The molecule has 0 saturated heterocycles. The third kappa shape index (κ3) is 3.45. The monoisotopic (exact) mass is 395 g/mol. The van der Waals surface area contributed by atoms with Gasteiger partial charge in [-0.25, -0.2) is 0 Å². The molecule has 0 atom stereocenters. The summed E-state index contributed by atoms with van der Waals surface area (Å²) in [4.78, 5) is 4.20. The maximum Gasteiger partial charge on any atom is 0.0205 e. The Morgan fingerprint density at radius 2 is 1.76 bits per heavy atom. The van der Waals surface area contributed by atoms with E-state index in [0.717, 1.165) is 16.0 Å². The molecule has 0 spiro atoms. The number of hydrogen-bond acceptors (Lipinski definition) is 1. The smallest absolute Gasteiger partial charge is 0.0205 e. The van der Waals surface area contributed by atoms with E-state index in [-0.39, 0.29) is 0 Å². The van der Waals surface area contributed by atoms with Gasteiger partial charge in [0.15, 0.2) is 0 Å². The first-order valence-electron chi connectivity index (χ1n) is 9.92. The average molecular weight is 396 g/mol. The zero-order valence-corrected chi connectivity index (χ0v) is 17.7. The van der Waals surface area contributed by atoms with Gasteiger partial charge in [0.2, 0.25) is 0 Å². The van der Waals surface area contributed by atoms with Gasteiger partial charge >= 0.3 is 0 Å². The van der Waals surface area contributed by atoms with Crippen molar-refractivity contribution in [3.05, 3.63) is 102 Å². The molecule has 1 aliphatic rings. The van der Waals surface area contributed by atoms with Crippen LogP contribution in [0.4, 0.5) is 0 Å². The van der Waals surface area contributed by atoms with Crippen molar-refractivity contribution in [3.8, 4) is 22.3 Å². The van der Waals surface area contributed by atoms with Crippen molar-refractivity contribution < 1.29 is 0 Å². The fourth-order valence-corrected chi connectivity index (χ4v) is 4.44. The second kappa shape index (κ2) is 8.18. The first-order chi connectivity index (χ1) is 14.1. The van der Waals surface area contributed by atoms with Gasteiger partial charge in [0, 0.05) is 28.4 Å². The van der Waals surface area contributed by atoms with Crippen molar-refractivity contribution in [1.29, 1.82) is 0 Å². The zero-order valence-electron chi connectivity index (χ0n) is 16.8. The maximum absolute atomic E-state index is 5.08. The molecule has 1 aliphatic carbocycles. The van der Waals surface area contributed by atoms with Crippen molar-refractivity contribution >= 4 is 24.3 Å². The van der Waals surface area contributed by atoms with Crippen LogP contribution in [0.1, 0.15) is 36.5 Å². The Hall–Kier alpha value is -2.97. The number of thiol groups is 1. The summed E-state index contributed by atoms with van der Waals surface area (Å²) in [5.74, 6) is 0.345. The van der Waals surface area contributed by atoms with Gasteiger partial charge in [0.25, 0.3) is 0 Å². The highest BCUT2D eigenvalue weighted by atomic mass is 32.1. The number of rotatable bonds is 6. The van der Waals surface area contributed by atoms with Crippen molar-refractivity contribution in [1.82, 2.24) is 4.98 Å². The van der Waals surface area contributed by atoms with E-state index in [1.165, 1.54) is 33.4 Å². The normalized spacial score (nSPS) is 13.0. The van der Waals surface area contributed by atoms with Crippen molar-refractivity contribution in [2.24, 2.45) is 0 Å². The molecule has 1 heterocycles. The number of aromatic nitrogens is 1. The van der Waals surface area contributed by atoms with Gasteiger partial charge in [0.1, 0.15) is 0 Å². The highest BCUT2D eigenvalue weighted by Crippen LogP contribution is 2.48. The average Bonchev–Trinajstić information content (AvgIpc) is 3.20. The van der Waals surface area contributed by atoms with E-state index >= 15 is 0 Å². The molecule has 0 amide bonds. The quantitative estimate of drug-likeness (QED) is 0.311. The summed E-state index contributed by atoms with van der Waals surface area (Å²) in [5, 5.41) is 0. The Bertz CT molecular complexity index is 1130. The number of allylic oxidation sites excluding steroid dienone is 6. The van der Waals surface area contributed by atoms with E-state index in [2.05, 4.69) is 92.3 Å². The van der Waals surface area contributed by atoms with E-state index < -0.39 is 0 Å². The molecule has 2 aromatic carbocycles.